The highest BCUT2D eigenvalue weighted by Gasteiger charge is 1.97. The smallest absolute Gasteiger partial charge is 0.118 e. The largest absolute Gasteiger partial charge is 0.508 e. The minimum Gasteiger partial charge on any atom is -0.508 e. The number of phenols is 1. The van der Waals surface area contributed by atoms with Crippen LogP contribution in [0.1, 0.15) is 30.9 Å². The first-order valence-corrected chi connectivity index (χ1v) is 5.73. The first-order valence-electron chi connectivity index (χ1n) is 5.73. The predicted octanol–water partition coefficient (Wildman–Crippen LogP) is 2.63. The molecule has 1 aromatic rings. The summed E-state index contributed by atoms with van der Waals surface area (Å²) in [5.74, 6) is 0.387. The third kappa shape index (κ3) is 4.34. The van der Waals surface area contributed by atoms with Crippen molar-refractivity contribution in [2.75, 3.05) is 13.1 Å². The summed E-state index contributed by atoms with van der Waals surface area (Å²) >= 11 is 0. The van der Waals surface area contributed by atoms with Crippen LogP contribution in [0.15, 0.2) is 18.2 Å². The van der Waals surface area contributed by atoms with E-state index in [2.05, 4.69) is 18.3 Å². The Morgan fingerprint density at radius 2 is 2.07 bits per heavy atom. The Kier molecular flexibility index (Phi) is 5.19. The normalized spacial score (nSPS) is 10.5. The Labute approximate surface area is 92.3 Å². The summed E-state index contributed by atoms with van der Waals surface area (Å²) < 4.78 is 0. The van der Waals surface area contributed by atoms with Gasteiger partial charge in [-0.15, -0.1) is 0 Å². The van der Waals surface area contributed by atoms with Crippen LogP contribution in [0.25, 0.3) is 0 Å². The lowest BCUT2D eigenvalue weighted by atomic mass is 10.1. The van der Waals surface area contributed by atoms with Crippen molar-refractivity contribution in [3.05, 3.63) is 29.3 Å². The van der Waals surface area contributed by atoms with E-state index in [1.807, 2.05) is 13.0 Å². The minimum absolute atomic E-state index is 0.387. The number of benzene rings is 1. The van der Waals surface area contributed by atoms with Gasteiger partial charge in [0.05, 0.1) is 0 Å². The Morgan fingerprint density at radius 3 is 2.73 bits per heavy atom. The van der Waals surface area contributed by atoms with E-state index in [1.54, 1.807) is 6.07 Å². The van der Waals surface area contributed by atoms with Crippen LogP contribution in [0.5, 0.6) is 5.75 Å². The van der Waals surface area contributed by atoms with E-state index in [0.29, 0.717) is 5.75 Å². The molecule has 15 heavy (non-hydrogen) atoms. The van der Waals surface area contributed by atoms with Gasteiger partial charge in [-0.25, -0.2) is 0 Å². The van der Waals surface area contributed by atoms with Crippen molar-refractivity contribution in [3.63, 3.8) is 0 Å². The van der Waals surface area contributed by atoms with Crippen LogP contribution in [0.4, 0.5) is 0 Å². The molecule has 0 radical (unpaired) electrons. The number of phenolic OH excluding ortho intramolecular Hbond substituents is 1. The molecule has 0 bridgehead atoms. The van der Waals surface area contributed by atoms with Crippen LogP contribution in [0, 0.1) is 6.92 Å². The molecule has 2 nitrogen and oxygen atoms in total. The standard InChI is InChI=1S/C13H21NO/c1-3-4-8-14-9-7-12-5-6-13(15)11(2)10-12/h5-6,10,14-15H,3-4,7-9H2,1-2H3. The zero-order chi connectivity index (χ0) is 11.1. The highest BCUT2D eigenvalue weighted by Crippen LogP contribution is 2.16. The van der Waals surface area contributed by atoms with Gasteiger partial charge in [-0.3, -0.25) is 0 Å². The second-order valence-electron chi connectivity index (χ2n) is 3.97. The molecular formula is C13H21NO. The van der Waals surface area contributed by atoms with Gasteiger partial charge < -0.3 is 10.4 Å². The van der Waals surface area contributed by atoms with Gasteiger partial charge >= 0.3 is 0 Å². The van der Waals surface area contributed by atoms with Gasteiger partial charge in [0.25, 0.3) is 0 Å². The Bertz CT molecular complexity index is 297. The van der Waals surface area contributed by atoms with Crippen LogP contribution in [-0.4, -0.2) is 18.2 Å². The lowest BCUT2D eigenvalue weighted by Gasteiger charge is -2.05. The number of unbranched alkanes of at least 4 members (excludes halogenated alkanes) is 1. The van der Waals surface area contributed by atoms with Gasteiger partial charge in [-0.1, -0.05) is 25.5 Å². The third-order valence-corrected chi connectivity index (χ3v) is 2.56. The van der Waals surface area contributed by atoms with E-state index in [4.69, 9.17) is 0 Å². The first kappa shape index (κ1) is 12.1. The molecule has 1 rings (SSSR count). The average Bonchev–Trinajstić information content (AvgIpc) is 2.23. The number of aromatic hydroxyl groups is 1. The summed E-state index contributed by atoms with van der Waals surface area (Å²) in [6, 6.07) is 5.82. The van der Waals surface area contributed by atoms with E-state index in [1.165, 1.54) is 18.4 Å². The maximum absolute atomic E-state index is 9.37. The van der Waals surface area contributed by atoms with Crippen molar-refractivity contribution in [2.45, 2.75) is 33.1 Å². The molecule has 0 amide bonds. The Balaban J connectivity index is 2.28. The molecule has 1 aromatic carbocycles. The third-order valence-electron chi connectivity index (χ3n) is 2.56. The predicted molar refractivity (Wildman–Crippen MR) is 64.3 cm³/mol. The molecule has 2 N–H and O–H groups in total. The van der Waals surface area contributed by atoms with Crippen molar-refractivity contribution < 1.29 is 5.11 Å². The summed E-state index contributed by atoms with van der Waals surface area (Å²) in [5, 5.41) is 12.8. The lowest BCUT2D eigenvalue weighted by molar-refractivity contribution is 0.471. The topological polar surface area (TPSA) is 32.3 Å². The molecule has 0 saturated heterocycles. The van der Waals surface area contributed by atoms with E-state index >= 15 is 0 Å². The maximum atomic E-state index is 9.37. The molecule has 0 fully saturated rings. The fourth-order valence-electron chi connectivity index (χ4n) is 1.53. The molecule has 0 aliphatic carbocycles. The fourth-order valence-corrected chi connectivity index (χ4v) is 1.53. The van der Waals surface area contributed by atoms with E-state index in [0.717, 1.165) is 25.1 Å². The molecule has 0 heterocycles. The van der Waals surface area contributed by atoms with E-state index in [9.17, 15) is 5.11 Å². The summed E-state index contributed by atoms with van der Waals surface area (Å²) in [5.41, 5.74) is 2.25. The molecule has 84 valence electrons. The van der Waals surface area contributed by atoms with Gasteiger partial charge in [-0.2, -0.15) is 0 Å². The fraction of sp³-hybridized carbons (Fsp3) is 0.538. The van der Waals surface area contributed by atoms with Crippen molar-refractivity contribution in [1.82, 2.24) is 5.32 Å². The van der Waals surface area contributed by atoms with Crippen LogP contribution in [-0.2, 0) is 6.42 Å². The van der Waals surface area contributed by atoms with Crippen LogP contribution >= 0.6 is 0 Å². The quantitative estimate of drug-likeness (QED) is 0.703. The highest BCUT2D eigenvalue weighted by atomic mass is 16.3. The average molecular weight is 207 g/mol. The molecule has 0 unspecified atom stereocenters. The summed E-state index contributed by atoms with van der Waals surface area (Å²) in [7, 11) is 0. The van der Waals surface area contributed by atoms with E-state index < -0.39 is 0 Å². The molecule has 0 spiro atoms. The second-order valence-corrected chi connectivity index (χ2v) is 3.97. The summed E-state index contributed by atoms with van der Waals surface area (Å²) in [6.07, 6.45) is 3.52. The number of hydrogen-bond donors (Lipinski definition) is 2. The highest BCUT2D eigenvalue weighted by molar-refractivity contribution is 5.34. The van der Waals surface area contributed by atoms with Crippen molar-refractivity contribution >= 4 is 0 Å². The van der Waals surface area contributed by atoms with Gasteiger partial charge in [0.2, 0.25) is 0 Å². The maximum Gasteiger partial charge on any atom is 0.118 e. The zero-order valence-electron chi connectivity index (χ0n) is 9.71. The Hall–Kier alpha value is -1.02. The number of nitrogens with one attached hydrogen (secondary N) is 1. The first-order chi connectivity index (χ1) is 7.24. The molecule has 2 heteroatoms. The van der Waals surface area contributed by atoms with Crippen molar-refractivity contribution in [2.24, 2.45) is 0 Å². The molecule has 0 aliphatic heterocycles. The summed E-state index contributed by atoms with van der Waals surface area (Å²) in [4.78, 5) is 0. The van der Waals surface area contributed by atoms with Crippen LogP contribution in [0.2, 0.25) is 0 Å². The molecule has 0 aromatic heterocycles. The van der Waals surface area contributed by atoms with Crippen LogP contribution in [0.3, 0.4) is 0 Å². The minimum atomic E-state index is 0.387. The number of rotatable bonds is 6. The lowest BCUT2D eigenvalue weighted by Crippen LogP contribution is -2.18. The van der Waals surface area contributed by atoms with Gasteiger partial charge in [0.1, 0.15) is 5.75 Å². The Morgan fingerprint density at radius 1 is 1.27 bits per heavy atom. The summed E-state index contributed by atoms with van der Waals surface area (Å²) in [6.45, 7) is 6.26. The van der Waals surface area contributed by atoms with Gasteiger partial charge in [0, 0.05) is 0 Å². The van der Waals surface area contributed by atoms with Crippen molar-refractivity contribution in [3.8, 4) is 5.75 Å². The van der Waals surface area contributed by atoms with E-state index in [-0.39, 0.29) is 0 Å². The zero-order valence-corrected chi connectivity index (χ0v) is 9.71. The molecule has 0 aliphatic rings. The second kappa shape index (κ2) is 6.46. The SMILES string of the molecule is CCCCNCCc1ccc(O)c(C)c1. The van der Waals surface area contributed by atoms with Gasteiger partial charge in [0.15, 0.2) is 0 Å². The molecule has 0 atom stereocenters. The number of hydrogen-bond acceptors (Lipinski definition) is 2. The number of aryl methyl sites for hydroxylation is 1. The van der Waals surface area contributed by atoms with Crippen LogP contribution < -0.4 is 5.32 Å². The van der Waals surface area contributed by atoms with Gasteiger partial charge in [-0.05, 0) is 50.0 Å². The van der Waals surface area contributed by atoms with Crippen molar-refractivity contribution in [1.29, 1.82) is 0 Å². The molecular weight excluding hydrogens is 186 g/mol. The molecule has 0 saturated carbocycles. The monoisotopic (exact) mass is 207 g/mol.